The lowest BCUT2D eigenvalue weighted by Gasteiger charge is -2.17. The van der Waals surface area contributed by atoms with Crippen LogP contribution in [0.2, 0.25) is 0 Å². The Bertz CT molecular complexity index is 152. The maximum atomic E-state index is 5.96. The number of hydrogen-bond acceptors (Lipinski definition) is 2. The molecule has 1 atom stereocenters. The number of rotatable bonds is 1. The molecule has 0 spiro atoms. The van der Waals surface area contributed by atoms with Gasteiger partial charge in [0.2, 0.25) is 0 Å². The van der Waals surface area contributed by atoms with Crippen molar-refractivity contribution >= 4 is 35.1 Å². The third-order valence-corrected chi connectivity index (χ3v) is 4.54. The van der Waals surface area contributed by atoms with Crippen molar-refractivity contribution in [2.24, 2.45) is 0 Å². The Kier molecular flexibility index (Phi) is 3.47. The van der Waals surface area contributed by atoms with Crippen molar-refractivity contribution < 1.29 is 0 Å². The first kappa shape index (κ1) is 8.82. The van der Waals surface area contributed by atoms with E-state index in [1.165, 1.54) is 21.3 Å². The molecule has 1 aliphatic heterocycles. The van der Waals surface area contributed by atoms with Crippen molar-refractivity contribution in [2.45, 2.75) is 19.2 Å². The molecule has 10 heavy (non-hydrogen) atoms. The van der Waals surface area contributed by atoms with Crippen molar-refractivity contribution in [3.63, 3.8) is 0 Å². The Morgan fingerprint density at radius 3 is 2.40 bits per heavy atom. The van der Waals surface area contributed by atoms with Gasteiger partial charge in [0.25, 0.3) is 0 Å². The molecule has 1 aliphatic rings. The minimum Gasteiger partial charge on any atom is -0.129 e. The van der Waals surface area contributed by atoms with Crippen LogP contribution in [0.5, 0.6) is 0 Å². The Morgan fingerprint density at radius 1 is 1.40 bits per heavy atom. The van der Waals surface area contributed by atoms with E-state index in [0.29, 0.717) is 0 Å². The van der Waals surface area contributed by atoms with E-state index >= 15 is 0 Å². The minimum absolute atomic E-state index is 0.206. The van der Waals surface area contributed by atoms with Gasteiger partial charge in [-0.25, -0.2) is 0 Å². The number of allylic oxidation sites excluding steroid dienone is 2. The normalized spacial score (nSPS) is 23.1. The van der Waals surface area contributed by atoms with Gasteiger partial charge in [0, 0.05) is 16.4 Å². The summed E-state index contributed by atoms with van der Waals surface area (Å²) in [6.45, 7) is 4.20. The van der Waals surface area contributed by atoms with Gasteiger partial charge in [-0.3, -0.25) is 0 Å². The smallest absolute Gasteiger partial charge is 0.0624 e. The molecule has 1 unspecified atom stereocenters. The van der Waals surface area contributed by atoms with Crippen molar-refractivity contribution in [2.75, 3.05) is 11.5 Å². The summed E-state index contributed by atoms with van der Waals surface area (Å²) in [5, 5.41) is 0.206. The van der Waals surface area contributed by atoms with E-state index in [4.69, 9.17) is 11.6 Å². The number of alkyl halides is 1. The molecule has 1 heterocycles. The van der Waals surface area contributed by atoms with E-state index in [1.54, 1.807) is 0 Å². The molecular formula is C7H11ClS2. The van der Waals surface area contributed by atoms with E-state index in [0.717, 1.165) is 0 Å². The summed E-state index contributed by atoms with van der Waals surface area (Å²) in [7, 11) is 0. The predicted octanol–water partition coefficient (Wildman–Crippen LogP) is 3.33. The second-order valence-corrected chi connectivity index (χ2v) is 5.33. The summed E-state index contributed by atoms with van der Waals surface area (Å²) in [5.41, 5.74) is 0. The fourth-order valence-electron chi connectivity index (χ4n) is 0.914. The van der Waals surface area contributed by atoms with Crippen LogP contribution in [0.4, 0.5) is 0 Å². The first-order valence-electron chi connectivity index (χ1n) is 3.32. The molecule has 1 rings (SSSR count). The Labute approximate surface area is 75.8 Å². The topological polar surface area (TPSA) is 0 Å². The highest BCUT2D eigenvalue weighted by molar-refractivity contribution is 8.10. The first-order chi connectivity index (χ1) is 4.72. The van der Waals surface area contributed by atoms with Crippen LogP contribution in [-0.2, 0) is 0 Å². The van der Waals surface area contributed by atoms with Gasteiger partial charge >= 0.3 is 0 Å². The average Bonchev–Trinajstić information content (AvgIpc) is 1.88. The number of thioether (sulfide) groups is 2. The van der Waals surface area contributed by atoms with Gasteiger partial charge in [0.1, 0.15) is 0 Å². The first-order valence-corrected chi connectivity index (χ1v) is 5.73. The van der Waals surface area contributed by atoms with Gasteiger partial charge in [0.15, 0.2) is 0 Å². The SMILES string of the molecule is CC1=C(C(C)Cl)SCCS1. The van der Waals surface area contributed by atoms with E-state index in [1.807, 2.05) is 30.4 Å². The van der Waals surface area contributed by atoms with Crippen LogP contribution in [0.15, 0.2) is 9.81 Å². The molecule has 58 valence electrons. The lowest BCUT2D eigenvalue weighted by molar-refractivity contribution is 1.19. The monoisotopic (exact) mass is 194 g/mol. The van der Waals surface area contributed by atoms with Crippen molar-refractivity contribution in [1.29, 1.82) is 0 Å². The standard InChI is InChI=1S/C7H11ClS2/c1-5(8)7-6(2)9-3-4-10-7/h5H,3-4H2,1-2H3. The summed E-state index contributed by atoms with van der Waals surface area (Å²) in [6.07, 6.45) is 0. The molecule has 0 aromatic rings. The molecular weight excluding hydrogens is 184 g/mol. The van der Waals surface area contributed by atoms with Crippen molar-refractivity contribution in [3.05, 3.63) is 9.81 Å². The van der Waals surface area contributed by atoms with Crippen LogP contribution >= 0.6 is 35.1 Å². The predicted molar refractivity (Wildman–Crippen MR) is 52.9 cm³/mol. The van der Waals surface area contributed by atoms with Gasteiger partial charge < -0.3 is 0 Å². The number of hydrogen-bond donors (Lipinski definition) is 0. The molecule has 0 amide bonds. The zero-order valence-electron chi connectivity index (χ0n) is 6.19. The minimum atomic E-state index is 0.206. The van der Waals surface area contributed by atoms with Gasteiger partial charge in [-0.1, -0.05) is 0 Å². The second-order valence-electron chi connectivity index (χ2n) is 2.23. The summed E-state index contributed by atoms with van der Waals surface area (Å²) in [4.78, 5) is 2.79. The van der Waals surface area contributed by atoms with Crippen LogP contribution in [0.1, 0.15) is 13.8 Å². The summed E-state index contributed by atoms with van der Waals surface area (Å²) < 4.78 is 0. The third kappa shape index (κ3) is 2.11. The maximum Gasteiger partial charge on any atom is 0.0624 e. The molecule has 0 saturated heterocycles. The molecule has 0 aromatic carbocycles. The maximum absolute atomic E-state index is 5.96. The highest BCUT2D eigenvalue weighted by Crippen LogP contribution is 2.36. The second kappa shape index (κ2) is 3.93. The van der Waals surface area contributed by atoms with Gasteiger partial charge in [-0.05, 0) is 18.8 Å². The summed E-state index contributed by atoms with van der Waals surface area (Å²) >= 11 is 9.79. The molecule has 0 saturated carbocycles. The Hall–Kier alpha value is 0.730. The largest absolute Gasteiger partial charge is 0.129 e. The fourth-order valence-corrected chi connectivity index (χ4v) is 3.63. The van der Waals surface area contributed by atoms with E-state index < -0.39 is 0 Å². The molecule has 0 bridgehead atoms. The van der Waals surface area contributed by atoms with Gasteiger partial charge in [-0.15, -0.1) is 35.1 Å². The van der Waals surface area contributed by atoms with Crippen LogP contribution < -0.4 is 0 Å². The van der Waals surface area contributed by atoms with Crippen LogP contribution in [0.25, 0.3) is 0 Å². The summed E-state index contributed by atoms with van der Waals surface area (Å²) in [5.74, 6) is 2.46. The van der Waals surface area contributed by atoms with Crippen LogP contribution in [0, 0.1) is 0 Å². The summed E-state index contributed by atoms with van der Waals surface area (Å²) in [6, 6.07) is 0. The molecule has 0 nitrogen and oxygen atoms in total. The van der Waals surface area contributed by atoms with Crippen LogP contribution in [-0.4, -0.2) is 16.9 Å². The average molecular weight is 195 g/mol. The third-order valence-electron chi connectivity index (χ3n) is 1.37. The lowest BCUT2D eigenvalue weighted by Crippen LogP contribution is -2.02. The molecule has 3 heteroatoms. The Morgan fingerprint density at radius 2 is 2.00 bits per heavy atom. The van der Waals surface area contributed by atoms with Crippen LogP contribution in [0.3, 0.4) is 0 Å². The van der Waals surface area contributed by atoms with E-state index in [9.17, 15) is 0 Å². The Balaban J connectivity index is 2.68. The van der Waals surface area contributed by atoms with Gasteiger partial charge in [-0.2, -0.15) is 0 Å². The molecule has 0 aliphatic carbocycles. The number of halogens is 1. The van der Waals surface area contributed by atoms with Crippen molar-refractivity contribution in [3.8, 4) is 0 Å². The molecule has 0 radical (unpaired) electrons. The molecule has 0 fully saturated rings. The zero-order valence-corrected chi connectivity index (χ0v) is 8.57. The van der Waals surface area contributed by atoms with Crippen molar-refractivity contribution in [1.82, 2.24) is 0 Å². The highest BCUT2D eigenvalue weighted by atomic mass is 35.5. The van der Waals surface area contributed by atoms with E-state index in [2.05, 4.69) is 6.92 Å². The zero-order chi connectivity index (χ0) is 7.56. The lowest BCUT2D eigenvalue weighted by atomic mass is 10.4. The highest BCUT2D eigenvalue weighted by Gasteiger charge is 2.14. The fraction of sp³-hybridized carbons (Fsp3) is 0.714. The molecule has 0 aromatic heterocycles. The quantitative estimate of drug-likeness (QED) is 0.588. The molecule has 0 N–H and O–H groups in total. The van der Waals surface area contributed by atoms with Gasteiger partial charge in [0.05, 0.1) is 5.38 Å². The van der Waals surface area contributed by atoms with E-state index in [-0.39, 0.29) is 5.38 Å².